The minimum absolute atomic E-state index is 0.0778. The van der Waals surface area contributed by atoms with Gasteiger partial charge in [0.15, 0.2) is 0 Å². The van der Waals surface area contributed by atoms with Crippen LogP contribution in [0.5, 0.6) is 0 Å². The summed E-state index contributed by atoms with van der Waals surface area (Å²) in [4.78, 5) is 35.3. The number of nitrogens with zero attached hydrogens (tertiary/aromatic N) is 2. The van der Waals surface area contributed by atoms with Crippen LogP contribution in [-0.2, 0) is 33.5 Å². The minimum Gasteiger partial charge on any atom is -0.397 e. The van der Waals surface area contributed by atoms with Crippen LogP contribution in [0, 0.1) is 0 Å². The van der Waals surface area contributed by atoms with E-state index in [2.05, 4.69) is 13.7 Å². The number of phosphoric acid groups is 2. The van der Waals surface area contributed by atoms with Crippen molar-refractivity contribution in [3.8, 4) is 0 Å². The Labute approximate surface area is 146 Å². The Bertz CT molecular complexity index is 924. The van der Waals surface area contributed by atoms with Crippen LogP contribution in [0.15, 0.2) is 24.4 Å². The molecule has 0 bridgehead atoms. The molecule has 0 aromatic carbocycles. The lowest BCUT2D eigenvalue weighted by molar-refractivity contribution is 0.154. The molecule has 0 aliphatic heterocycles. The Morgan fingerprint density at radius 2 is 1.77 bits per heavy atom. The van der Waals surface area contributed by atoms with E-state index in [1.54, 1.807) is 22.7 Å². The maximum atomic E-state index is 11.6. The third-order valence-corrected chi connectivity index (χ3v) is 6.89. The summed E-state index contributed by atoms with van der Waals surface area (Å²) in [5, 5.41) is 4.10. The summed E-state index contributed by atoms with van der Waals surface area (Å²) in [6, 6.07) is 5.09. The largest absolute Gasteiger partial charge is 0.488 e. The third-order valence-electron chi connectivity index (χ3n) is 2.86. The smallest absolute Gasteiger partial charge is 0.397 e. The molecule has 16 heteroatoms. The van der Waals surface area contributed by atoms with Crippen molar-refractivity contribution in [3.63, 3.8) is 0 Å². The second-order valence-electron chi connectivity index (χ2n) is 4.96. The van der Waals surface area contributed by atoms with Crippen LogP contribution in [0.25, 0.3) is 5.52 Å². The first-order chi connectivity index (χ1) is 11.9. The third kappa shape index (κ3) is 6.26. The first-order valence-corrected chi connectivity index (χ1v) is 11.6. The molecule has 13 nitrogen and oxygen atoms in total. The lowest BCUT2D eigenvalue weighted by atomic mass is 10.3. The molecular weight excluding hydrogens is 415 g/mol. The van der Waals surface area contributed by atoms with Gasteiger partial charge >= 0.3 is 23.2 Å². The molecule has 0 spiro atoms. The number of aromatic nitrogens is 2. The minimum atomic E-state index is -5.45. The fraction of sp³-hybridized carbons (Fsp3) is 0.300. The highest BCUT2D eigenvalue weighted by Gasteiger charge is 2.39. The molecule has 2 heterocycles. The number of hydrogen-bond acceptors (Lipinski definition) is 8. The van der Waals surface area contributed by atoms with Crippen LogP contribution in [-0.4, -0.2) is 42.1 Å². The van der Waals surface area contributed by atoms with E-state index in [4.69, 9.17) is 25.2 Å². The zero-order valence-corrected chi connectivity index (χ0v) is 15.7. The van der Waals surface area contributed by atoms with Gasteiger partial charge in [0.05, 0.1) is 17.8 Å². The summed E-state index contributed by atoms with van der Waals surface area (Å²) in [5.74, 6) is 0. The number of fused-ring (bicyclic) bond motifs is 1. The molecule has 2 atom stereocenters. The van der Waals surface area contributed by atoms with Crippen molar-refractivity contribution in [2.75, 3.05) is 18.7 Å². The van der Waals surface area contributed by atoms with E-state index in [-0.39, 0.29) is 13.0 Å². The van der Waals surface area contributed by atoms with Crippen molar-refractivity contribution in [1.82, 2.24) is 9.61 Å². The maximum Gasteiger partial charge on any atom is 0.488 e. The van der Waals surface area contributed by atoms with Crippen molar-refractivity contribution in [3.05, 3.63) is 30.1 Å². The standard InChI is InChI=1S/C10H16N3O10P3/c11-9-3-5-12-13-8(1-2-10(9)13)4-6-21-7-24(14,15)22-26(19,20)23-25(16,17)18/h1-3,5H,4,6-7,11H2,(H,14,15)(H,19,20)(H2,16,17,18). The monoisotopic (exact) mass is 431 g/mol. The van der Waals surface area contributed by atoms with Gasteiger partial charge in [-0.15, -0.1) is 0 Å². The van der Waals surface area contributed by atoms with Gasteiger partial charge in [-0.1, -0.05) is 0 Å². The number of rotatable bonds is 9. The van der Waals surface area contributed by atoms with Gasteiger partial charge in [-0.05, 0) is 18.2 Å². The predicted molar refractivity (Wildman–Crippen MR) is 88.0 cm³/mol. The zero-order chi connectivity index (χ0) is 19.6. The number of hydrogen-bond donors (Lipinski definition) is 5. The summed E-state index contributed by atoms with van der Waals surface area (Å²) in [6.45, 7) is -0.0778. The summed E-state index contributed by atoms with van der Waals surface area (Å²) in [7, 11) is -15.7. The molecule has 26 heavy (non-hydrogen) atoms. The second-order valence-corrected chi connectivity index (χ2v) is 9.71. The van der Waals surface area contributed by atoms with Crippen molar-refractivity contribution < 1.29 is 46.6 Å². The van der Waals surface area contributed by atoms with Crippen LogP contribution >= 0.6 is 23.2 Å². The number of anilines is 1. The predicted octanol–water partition coefficient (Wildman–Crippen LogP) is 0.845. The van der Waals surface area contributed by atoms with Crippen LogP contribution in [0.3, 0.4) is 0 Å². The average Bonchev–Trinajstić information content (AvgIpc) is 2.84. The van der Waals surface area contributed by atoms with Crippen LogP contribution < -0.4 is 5.73 Å². The van der Waals surface area contributed by atoms with Gasteiger partial charge in [0.1, 0.15) is 6.35 Å². The molecule has 0 saturated heterocycles. The number of nitrogens with two attached hydrogens (primary N) is 1. The summed E-state index contributed by atoms with van der Waals surface area (Å²) in [5.41, 5.74) is 7.67. The first-order valence-electron chi connectivity index (χ1n) is 6.80. The van der Waals surface area contributed by atoms with Gasteiger partial charge < -0.3 is 30.0 Å². The van der Waals surface area contributed by atoms with E-state index in [1.807, 2.05) is 0 Å². The molecule has 0 aliphatic carbocycles. The molecule has 2 aromatic rings. The van der Waals surface area contributed by atoms with E-state index in [9.17, 15) is 18.6 Å². The quantitative estimate of drug-likeness (QED) is 0.277. The lowest BCUT2D eigenvalue weighted by Crippen LogP contribution is -2.06. The van der Waals surface area contributed by atoms with Gasteiger partial charge in [-0.25, -0.2) is 18.0 Å². The van der Waals surface area contributed by atoms with Crippen molar-refractivity contribution in [2.24, 2.45) is 0 Å². The van der Waals surface area contributed by atoms with Gasteiger partial charge in [-0.3, -0.25) is 4.57 Å². The SMILES string of the molecule is Nc1ccnn2c(CCOCP(=O)(O)OP(=O)(O)OP(=O)(O)O)ccc12. The van der Waals surface area contributed by atoms with E-state index in [0.717, 1.165) is 0 Å². The molecule has 2 rings (SSSR count). The summed E-state index contributed by atoms with van der Waals surface area (Å²) in [6.07, 6.45) is 0.767. The molecule has 2 unspecified atom stereocenters. The highest BCUT2D eigenvalue weighted by atomic mass is 31.3. The van der Waals surface area contributed by atoms with Gasteiger partial charge in [0, 0.05) is 18.3 Å². The molecule has 0 amide bonds. The topological polar surface area (TPSA) is 203 Å². The number of nitrogen functional groups attached to an aromatic ring is 1. The molecule has 6 N–H and O–H groups in total. The molecule has 0 fully saturated rings. The van der Waals surface area contributed by atoms with E-state index >= 15 is 0 Å². The molecule has 2 aromatic heterocycles. The van der Waals surface area contributed by atoms with Gasteiger partial charge in [-0.2, -0.15) is 9.41 Å². The van der Waals surface area contributed by atoms with E-state index in [1.165, 1.54) is 6.20 Å². The molecule has 0 aliphatic rings. The van der Waals surface area contributed by atoms with Crippen molar-refractivity contribution in [2.45, 2.75) is 6.42 Å². The van der Waals surface area contributed by atoms with Crippen LogP contribution in [0.2, 0.25) is 0 Å². The highest BCUT2D eigenvalue weighted by molar-refractivity contribution is 7.68. The van der Waals surface area contributed by atoms with Gasteiger partial charge in [0.25, 0.3) is 0 Å². The second kappa shape index (κ2) is 7.87. The van der Waals surface area contributed by atoms with Crippen molar-refractivity contribution >= 4 is 34.4 Å². The Hall–Kier alpha value is -1.10. The lowest BCUT2D eigenvalue weighted by Gasteiger charge is -2.16. The fourth-order valence-electron chi connectivity index (χ4n) is 1.97. The van der Waals surface area contributed by atoms with Crippen LogP contribution in [0.1, 0.15) is 5.69 Å². The van der Waals surface area contributed by atoms with Crippen LogP contribution in [0.4, 0.5) is 5.69 Å². The Balaban J connectivity index is 1.88. The average molecular weight is 431 g/mol. The normalized spacial score (nSPS) is 17.1. The zero-order valence-electron chi connectivity index (χ0n) is 13.0. The van der Waals surface area contributed by atoms with E-state index in [0.29, 0.717) is 16.9 Å². The maximum absolute atomic E-state index is 11.6. The molecule has 0 radical (unpaired) electrons. The Morgan fingerprint density at radius 3 is 2.42 bits per heavy atom. The van der Waals surface area contributed by atoms with Gasteiger partial charge in [0.2, 0.25) is 0 Å². The highest BCUT2D eigenvalue weighted by Crippen LogP contribution is 2.65. The number of ether oxygens (including phenoxy) is 1. The fourth-order valence-corrected chi connectivity index (χ4v) is 5.27. The Morgan fingerprint density at radius 1 is 1.08 bits per heavy atom. The molecule has 146 valence electrons. The first kappa shape index (κ1) is 21.2. The summed E-state index contributed by atoms with van der Waals surface area (Å²) >= 11 is 0. The van der Waals surface area contributed by atoms with Crippen molar-refractivity contribution in [1.29, 1.82) is 0 Å². The molecular formula is C10H16N3O10P3. The Kier molecular flexibility index (Phi) is 6.42. The molecule has 0 saturated carbocycles. The van der Waals surface area contributed by atoms with E-state index < -0.39 is 29.6 Å². The summed E-state index contributed by atoms with van der Waals surface area (Å²) < 4.78 is 47.2.